The van der Waals surface area contributed by atoms with E-state index >= 15 is 0 Å². The molecule has 23 heavy (non-hydrogen) atoms. The second-order valence-electron chi connectivity index (χ2n) is 6.24. The predicted octanol–water partition coefficient (Wildman–Crippen LogP) is 2.10. The number of carboxylic acids is 1. The number of esters is 1. The number of aryl methyl sites for hydroxylation is 2. The molecule has 0 aliphatic rings. The van der Waals surface area contributed by atoms with Crippen LogP contribution in [-0.4, -0.2) is 29.5 Å². The number of hydrogen-bond donors (Lipinski definition) is 2. The molecule has 2 N–H and O–H groups in total. The van der Waals surface area contributed by atoms with Gasteiger partial charge in [0, 0.05) is 17.9 Å². The molecule has 0 fully saturated rings. The zero-order valence-corrected chi connectivity index (χ0v) is 14.1. The summed E-state index contributed by atoms with van der Waals surface area (Å²) in [5.41, 5.74) is 1.58. The van der Waals surface area contributed by atoms with Crippen molar-refractivity contribution in [1.29, 1.82) is 0 Å². The molecule has 0 unspecified atom stereocenters. The summed E-state index contributed by atoms with van der Waals surface area (Å²) in [7, 11) is 0. The van der Waals surface area contributed by atoms with Crippen LogP contribution < -0.4 is 10.1 Å². The van der Waals surface area contributed by atoms with Crippen molar-refractivity contribution in [2.75, 3.05) is 6.54 Å². The maximum absolute atomic E-state index is 11.9. The van der Waals surface area contributed by atoms with Crippen LogP contribution in [0.5, 0.6) is 5.75 Å². The molecule has 126 valence electrons. The molecule has 0 aliphatic carbocycles. The van der Waals surface area contributed by atoms with E-state index in [2.05, 4.69) is 5.32 Å². The van der Waals surface area contributed by atoms with Gasteiger partial charge in [0.1, 0.15) is 12.3 Å². The molecule has 1 rings (SSSR count). The molecule has 0 aromatic heterocycles. The molecule has 0 saturated carbocycles. The number of aliphatic carboxylic acids is 1. The van der Waals surface area contributed by atoms with Gasteiger partial charge in [-0.05, 0) is 25.0 Å². The fourth-order valence-corrected chi connectivity index (χ4v) is 2.57. The molecule has 0 aliphatic heterocycles. The van der Waals surface area contributed by atoms with Crippen LogP contribution in [-0.2, 0) is 19.8 Å². The van der Waals surface area contributed by atoms with Gasteiger partial charge < -0.3 is 15.2 Å². The first-order chi connectivity index (χ1) is 10.5. The molecule has 0 saturated heterocycles. The Labute approximate surface area is 135 Å². The van der Waals surface area contributed by atoms with Crippen molar-refractivity contribution in [3.05, 3.63) is 28.8 Å². The van der Waals surface area contributed by atoms with Gasteiger partial charge in [0.2, 0.25) is 5.91 Å². The Bertz CT molecular complexity index is 634. The molecule has 6 heteroatoms. The maximum Gasteiger partial charge on any atom is 0.330 e. The van der Waals surface area contributed by atoms with Crippen LogP contribution in [0.25, 0.3) is 0 Å². The van der Waals surface area contributed by atoms with Gasteiger partial charge in [-0.3, -0.25) is 9.59 Å². The number of rotatable bonds is 6. The first-order valence-corrected chi connectivity index (χ1v) is 7.32. The highest BCUT2D eigenvalue weighted by molar-refractivity contribution is 5.82. The number of carbonyl (C=O) groups excluding carboxylic acids is 2. The smallest absolute Gasteiger partial charge is 0.330 e. The number of carboxylic acid groups (broad SMARTS) is 1. The van der Waals surface area contributed by atoms with E-state index in [9.17, 15) is 14.4 Å². The molecular weight excluding hydrogens is 298 g/mol. The average Bonchev–Trinajstić information content (AvgIpc) is 2.38. The van der Waals surface area contributed by atoms with E-state index in [-0.39, 0.29) is 18.9 Å². The lowest BCUT2D eigenvalue weighted by Gasteiger charge is -2.28. The Morgan fingerprint density at radius 3 is 2.26 bits per heavy atom. The van der Waals surface area contributed by atoms with E-state index < -0.39 is 17.4 Å². The van der Waals surface area contributed by atoms with E-state index in [1.165, 1.54) is 6.92 Å². The Morgan fingerprint density at radius 1 is 1.17 bits per heavy atom. The number of hydrogen-bond acceptors (Lipinski definition) is 4. The molecule has 6 nitrogen and oxygen atoms in total. The van der Waals surface area contributed by atoms with Crippen LogP contribution in [0.3, 0.4) is 0 Å². The molecule has 0 heterocycles. The Hall–Kier alpha value is -2.37. The van der Waals surface area contributed by atoms with Crippen LogP contribution >= 0.6 is 0 Å². The molecule has 0 radical (unpaired) electrons. The van der Waals surface area contributed by atoms with Crippen molar-refractivity contribution in [3.8, 4) is 5.75 Å². The minimum Gasteiger partial charge on any atom is -0.481 e. The molecular formula is C17H23NO5. The lowest BCUT2D eigenvalue weighted by atomic mass is 9.78. The molecule has 0 spiro atoms. The molecule has 1 amide bonds. The summed E-state index contributed by atoms with van der Waals surface area (Å²) in [6.45, 7) is 8.32. The Kier molecular flexibility index (Phi) is 5.90. The van der Waals surface area contributed by atoms with Gasteiger partial charge in [0.05, 0.1) is 6.42 Å². The topological polar surface area (TPSA) is 92.7 Å². The van der Waals surface area contributed by atoms with Crippen LogP contribution in [0.15, 0.2) is 12.1 Å². The normalized spacial score (nSPS) is 11.0. The molecule has 1 aromatic rings. The Morgan fingerprint density at radius 2 is 1.74 bits per heavy atom. The summed E-state index contributed by atoms with van der Waals surface area (Å²) in [4.78, 5) is 34.0. The average molecular weight is 321 g/mol. The highest BCUT2D eigenvalue weighted by atomic mass is 16.5. The lowest BCUT2D eigenvalue weighted by Crippen LogP contribution is -2.31. The largest absolute Gasteiger partial charge is 0.481 e. The van der Waals surface area contributed by atoms with E-state index in [0.717, 1.165) is 11.1 Å². The fraction of sp³-hybridized carbons (Fsp3) is 0.471. The van der Waals surface area contributed by atoms with Gasteiger partial charge in [0.15, 0.2) is 0 Å². The third-order valence-electron chi connectivity index (χ3n) is 3.53. The number of benzene rings is 1. The first-order valence-electron chi connectivity index (χ1n) is 7.32. The summed E-state index contributed by atoms with van der Waals surface area (Å²) in [5.74, 6) is -1.48. The second kappa shape index (κ2) is 7.26. The van der Waals surface area contributed by atoms with E-state index in [4.69, 9.17) is 9.84 Å². The highest BCUT2D eigenvalue weighted by Crippen LogP contribution is 2.39. The van der Waals surface area contributed by atoms with Gasteiger partial charge in [0.25, 0.3) is 0 Å². The van der Waals surface area contributed by atoms with Crippen LogP contribution in [0.2, 0.25) is 0 Å². The Balaban J connectivity index is 3.21. The van der Waals surface area contributed by atoms with Crippen LogP contribution in [0.1, 0.15) is 43.9 Å². The highest BCUT2D eigenvalue weighted by Gasteiger charge is 2.31. The molecule has 0 bridgehead atoms. The van der Waals surface area contributed by atoms with Crippen molar-refractivity contribution in [2.24, 2.45) is 0 Å². The maximum atomic E-state index is 11.9. The van der Waals surface area contributed by atoms with Gasteiger partial charge in [-0.1, -0.05) is 26.0 Å². The molecule has 1 aromatic carbocycles. The standard InChI is InChI=1S/C17H23NO5/c1-10-6-7-11(2)16(23-14(22)9-18-12(3)19)15(10)17(4,5)8-13(20)21/h6-7H,8-9H2,1-5H3,(H,18,19)(H,20,21). The summed E-state index contributed by atoms with van der Waals surface area (Å²) in [6, 6.07) is 3.69. The summed E-state index contributed by atoms with van der Waals surface area (Å²) in [5, 5.41) is 11.5. The third-order valence-corrected chi connectivity index (χ3v) is 3.53. The van der Waals surface area contributed by atoms with Crippen molar-refractivity contribution in [2.45, 2.75) is 46.5 Å². The van der Waals surface area contributed by atoms with E-state index in [1.807, 2.05) is 19.1 Å². The van der Waals surface area contributed by atoms with Crippen LogP contribution in [0, 0.1) is 13.8 Å². The van der Waals surface area contributed by atoms with Gasteiger partial charge in [-0.25, -0.2) is 4.79 Å². The van der Waals surface area contributed by atoms with Crippen molar-refractivity contribution < 1.29 is 24.2 Å². The van der Waals surface area contributed by atoms with E-state index in [1.54, 1.807) is 20.8 Å². The monoisotopic (exact) mass is 321 g/mol. The van der Waals surface area contributed by atoms with Crippen molar-refractivity contribution in [1.82, 2.24) is 5.32 Å². The number of ether oxygens (including phenoxy) is 1. The first kappa shape index (κ1) is 18.7. The fourth-order valence-electron chi connectivity index (χ4n) is 2.57. The number of nitrogens with one attached hydrogen (secondary N) is 1. The minimum absolute atomic E-state index is 0.0897. The summed E-state index contributed by atoms with van der Waals surface area (Å²) < 4.78 is 5.43. The lowest BCUT2D eigenvalue weighted by molar-refractivity contribution is -0.138. The van der Waals surface area contributed by atoms with Gasteiger partial charge in [-0.15, -0.1) is 0 Å². The van der Waals surface area contributed by atoms with Crippen molar-refractivity contribution >= 4 is 17.8 Å². The summed E-state index contributed by atoms with van der Waals surface area (Å²) >= 11 is 0. The zero-order chi connectivity index (χ0) is 17.8. The second-order valence-corrected chi connectivity index (χ2v) is 6.24. The van der Waals surface area contributed by atoms with Crippen LogP contribution in [0.4, 0.5) is 0 Å². The number of amides is 1. The van der Waals surface area contributed by atoms with Gasteiger partial charge >= 0.3 is 11.9 Å². The predicted molar refractivity (Wildman–Crippen MR) is 85.5 cm³/mol. The van der Waals surface area contributed by atoms with Gasteiger partial charge in [-0.2, -0.15) is 0 Å². The SMILES string of the molecule is CC(=O)NCC(=O)Oc1c(C)ccc(C)c1C(C)(C)CC(=O)O. The van der Waals surface area contributed by atoms with E-state index in [0.29, 0.717) is 11.3 Å². The minimum atomic E-state index is -0.925. The third kappa shape index (κ3) is 5.09. The zero-order valence-electron chi connectivity index (χ0n) is 14.1. The summed E-state index contributed by atoms with van der Waals surface area (Å²) in [6.07, 6.45) is -0.0897. The van der Waals surface area contributed by atoms with Crippen molar-refractivity contribution in [3.63, 3.8) is 0 Å². The number of carbonyl (C=O) groups is 3. The quantitative estimate of drug-likeness (QED) is 0.618. The molecule has 0 atom stereocenters.